The third-order valence-corrected chi connectivity index (χ3v) is 2.13. The van der Waals surface area contributed by atoms with Crippen LogP contribution in [0.1, 0.15) is 5.56 Å². The highest BCUT2D eigenvalue weighted by Crippen LogP contribution is 2.06. The fraction of sp³-hybridized carbons (Fsp3) is 0.273. The number of halogens is 1. The first-order valence-electron chi connectivity index (χ1n) is 4.98. The molecule has 6 heteroatoms. The molecule has 2 amide bonds. The van der Waals surface area contributed by atoms with Gasteiger partial charge in [0.1, 0.15) is 11.9 Å². The van der Waals surface area contributed by atoms with Gasteiger partial charge in [-0.15, -0.1) is 0 Å². The minimum Gasteiger partial charge on any atom is -0.381 e. The van der Waals surface area contributed by atoms with Gasteiger partial charge in [0.2, 0.25) is 11.8 Å². The van der Waals surface area contributed by atoms with E-state index in [-0.39, 0.29) is 18.5 Å². The Morgan fingerprint density at radius 3 is 2.65 bits per heavy atom. The van der Waals surface area contributed by atoms with E-state index >= 15 is 0 Å². The van der Waals surface area contributed by atoms with Crippen LogP contribution in [-0.4, -0.2) is 29.6 Å². The standard InChI is InChI=1S/C11H13FN2O3/c12-8-4-2-1-3-7(8)5-10(16)14-6-9(15)11(13)17/h1-4,9,15H,5-6H2,(H2,13,17)(H,14,16). The Morgan fingerprint density at radius 1 is 1.41 bits per heavy atom. The van der Waals surface area contributed by atoms with Crippen molar-refractivity contribution >= 4 is 11.8 Å². The molecule has 0 fully saturated rings. The lowest BCUT2D eigenvalue weighted by atomic mass is 10.1. The number of rotatable bonds is 5. The molecule has 0 aliphatic rings. The van der Waals surface area contributed by atoms with Gasteiger partial charge in [0.15, 0.2) is 0 Å². The number of amides is 2. The molecule has 0 aromatic heterocycles. The average molecular weight is 240 g/mol. The molecule has 1 unspecified atom stereocenters. The van der Waals surface area contributed by atoms with Gasteiger partial charge in [0.05, 0.1) is 13.0 Å². The second-order valence-electron chi connectivity index (χ2n) is 3.49. The zero-order valence-electron chi connectivity index (χ0n) is 9.02. The molecule has 17 heavy (non-hydrogen) atoms. The number of hydrogen-bond donors (Lipinski definition) is 3. The Labute approximate surface area is 97.4 Å². The number of benzene rings is 1. The Morgan fingerprint density at radius 2 is 2.06 bits per heavy atom. The van der Waals surface area contributed by atoms with Gasteiger partial charge in [-0.25, -0.2) is 4.39 Å². The van der Waals surface area contributed by atoms with Crippen molar-refractivity contribution in [3.05, 3.63) is 35.6 Å². The maximum Gasteiger partial charge on any atom is 0.248 e. The number of hydrogen-bond acceptors (Lipinski definition) is 3. The molecule has 0 bridgehead atoms. The summed E-state index contributed by atoms with van der Waals surface area (Å²) in [6.07, 6.45) is -1.59. The Bertz CT molecular complexity index is 423. The van der Waals surface area contributed by atoms with Crippen LogP contribution < -0.4 is 11.1 Å². The van der Waals surface area contributed by atoms with Gasteiger partial charge in [-0.2, -0.15) is 0 Å². The van der Waals surface area contributed by atoms with Crippen molar-refractivity contribution < 1.29 is 19.1 Å². The van der Waals surface area contributed by atoms with E-state index in [0.717, 1.165) is 0 Å². The van der Waals surface area contributed by atoms with Crippen molar-refractivity contribution in [2.45, 2.75) is 12.5 Å². The number of nitrogens with two attached hydrogens (primary N) is 1. The summed E-state index contributed by atoms with van der Waals surface area (Å²) in [4.78, 5) is 21.8. The van der Waals surface area contributed by atoms with Crippen LogP contribution in [0.15, 0.2) is 24.3 Å². The normalized spacial score (nSPS) is 11.9. The highest BCUT2D eigenvalue weighted by Gasteiger charge is 2.13. The minimum absolute atomic E-state index is 0.155. The predicted octanol–water partition coefficient (Wildman–Crippen LogP) is -0.669. The molecular formula is C11H13FN2O3. The van der Waals surface area contributed by atoms with Crippen molar-refractivity contribution in [2.75, 3.05) is 6.54 Å². The number of carbonyl (C=O) groups excluding carboxylic acids is 2. The molecule has 0 aliphatic carbocycles. The number of primary amides is 1. The number of aliphatic hydroxyl groups is 1. The zero-order valence-corrected chi connectivity index (χ0v) is 9.02. The second kappa shape index (κ2) is 5.95. The Balaban J connectivity index is 2.46. The quantitative estimate of drug-likeness (QED) is 0.637. The first-order chi connectivity index (χ1) is 8.00. The smallest absolute Gasteiger partial charge is 0.248 e. The molecule has 5 nitrogen and oxygen atoms in total. The van der Waals surface area contributed by atoms with E-state index in [4.69, 9.17) is 10.8 Å². The summed E-state index contributed by atoms with van der Waals surface area (Å²) in [5, 5.41) is 11.3. The maximum absolute atomic E-state index is 13.2. The molecular weight excluding hydrogens is 227 g/mol. The molecule has 0 spiro atoms. The van der Waals surface area contributed by atoms with Gasteiger partial charge in [0.25, 0.3) is 0 Å². The van der Waals surface area contributed by atoms with Gasteiger partial charge in [-0.05, 0) is 11.6 Å². The van der Waals surface area contributed by atoms with E-state index in [1.807, 2.05) is 0 Å². The van der Waals surface area contributed by atoms with Gasteiger partial charge >= 0.3 is 0 Å². The summed E-state index contributed by atoms with van der Waals surface area (Å²) in [5.74, 6) is -1.88. The van der Waals surface area contributed by atoms with Gasteiger partial charge in [0, 0.05) is 0 Å². The summed E-state index contributed by atoms with van der Waals surface area (Å²) in [7, 11) is 0. The summed E-state index contributed by atoms with van der Waals surface area (Å²) in [6.45, 7) is -0.275. The van der Waals surface area contributed by atoms with E-state index in [9.17, 15) is 14.0 Å². The minimum atomic E-state index is -1.43. The fourth-order valence-electron chi connectivity index (χ4n) is 1.19. The zero-order chi connectivity index (χ0) is 12.8. The number of carbonyl (C=O) groups is 2. The van der Waals surface area contributed by atoms with Crippen LogP contribution in [0.25, 0.3) is 0 Å². The third kappa shape index (κ3) is 4.20. The van der Waals surface area contributed by atoms with Crippen LogP contribution in [0.3, 0.4) is 0 Å². The molecule has 4 N–H and O–H groups in total. The molecule has 0 heterocycles. The lowest BCUT2D eigenvalue weighted by Gasteiger charge is -2.08. The highest BCUT2D eigenvalue weighted by molar-refractivity contribution is 5.81. The van der Waals surface area contributed by atoms with Crippen LogP contribution in [0, 0.1) is 5.82 Å². The molecule has 1 aromatic carbocycles. The second-order valence-corrected chi connectivity index (χ2v) is 3.49. The van der Waals surface area contributed by atoms with Crippen LogP contribution >= 0.6 is 0 Å². The summed E-state index contributed by atoms with van der Waals surface area (Å²) >= 11 is 0. The summed E-state index contributed by atoms with van der Waals surface area (Å²) in [5.41, 5.74) is 5.05. The molecule has 0 radical (unpaired) electrons. The largest absolute Gasteiger partial charge is 0.381 e. The van der Waals surface area contributed by atoms with E-state index < -0.39 is 23.7 Å². The molecule has 0 saturated heterocycles. The SMILES string of the molecule is NC(=O)C(O)CNC(=O)Cc1ccccc1F. The van der Waals surface area contributed by atoms with E-state index in [2.05, 4.69) is 5.32 Å². The highest BCUT2D eigenvalue weighted by atomic mass is 19.1. The molecule has 1 rings (SSSR count). The maximum atomic E-state index is 13.2. The van der Waals surface area contributed by atoms with Gasteiger partial charge in [-0.1, -0.05) is 18.2 Å². The van der Waals surface area contributed by atoms with Crippen molar-refractivity contribution in [3.8, 4) is 0 Å². The third-order valence-electron chi connectivity index (χ3n) is 2.13. The van der Waals surface area contributed by atoms with Crippen molar-refractivity contribution in [1.82, 2.24) is 5.32 Å². The summed E-state index contributed by atoms with van der Waals surface area (Å²) in [6, 6.07) is 5.87. The van der Waals surface area contributed by atoms with Crippen molar-refractivity contribution in [3.63, 3.8) is 0 Å². The monoisotopic (exact) mass is 240 g/mol. The molecule has 0 saturated carbocycles. The molecule has 0 aliphatic heterocycles. The van der Waals surface area contributed by atoms with Crippen LogP contribution in [0.5, 0.6) is 0 Å². The van der Waals surface area contributed by atoms with Crippen LogP contribution in [0.2, 0.25) is 0 Å². The van der Waals surface area contributed by atoms with Gasteiger partial charge in [-0.3, -0.25) is 9.59 Å². The number of nitrogens with one attached hydrogen (secondary N) is 1. The first-order valence-corrected chi connectivity index (χ1v) is 4.98. The van der Waals surface area contributed by atoms with Crippen LogP contribution in [0.4, 0.5) is 4.39 Å². The van der Waals surface area contributed by atoms with E-state index in [0.29, 0.717) is 0 Å². The van der Waals surface area contributed by atoms with E-state index in [1.54, 1.807) is 6.07 Å². The van der Waals surface area contributed by atoms with E-state index in [1.165, 1.54) is 18.2 Å². The van der Waals surface area contributed by atoms with Gasteiger partial charge < -0.3 is 16.2 Å². The molecule has 1 aromatic rings. The Hall–Kier alpha value is -1.95. The molecule has 92 valence electrons. The topological polar surface area (TPSA) is 92.4 Å². The Kier molecular flexibility index (Phi) is 4.59. The lowest BCUT2D eigenvalue weighted by Crippen LogP contribution is -2.40. The fourth-order valence-corrected chi connectivity index (χ4v) is 1.19. The lowest BCUT2D eigenvalue weighted by molar-refractivity contribution is -0.126. The average Bonchev–Trinajstić information content (AvgIpc) is 2.29. The summed E-state index contributed by atoms with van der Waals surface area (Å²) < 4.78 is 13.2. The number of aliphatic hydroxyl groups excluding tert-OH is 1. The first kappa shape index (κ1) is 13.1. The predicted molar refractivity (Wildman–Crippen MR) is 58.3 cm³/mol. The van der Waals surface area contributed by atoms with Crippen molar-refractivity contribution in [2.24, 2.45) is 5.73 Å². The van der Waals surface area contributed by atoms with Crippen LogP contribution in [-0.2, 0) is 16.0 Å². The van der Waals surface area contributed by atoms with Crippen molar-refractivity contribution in [1.29, 1.82) is 0 Å². The molecule has 1 atom stereocenters.